The van der Waals surface area contributed by atoms with Crippen molar-refractivity contribution in [2.24, 2.45) is 16.5 Å². The molecule has 0 saturated carbocycles. The average molecular weight is 369 g/mol. The molecule has 0 saturated heterocycles. The van der Waals surface area contributed by atoms with Gasteiger partial charge in [0.15, 0.2) is 0 Å². The lowest BCUT2D eigenvalue weighted by Crippen LogP contribution is -2.46. The van der Waals surface area contributed by atoms with Gasteiger partial charge in [0.1, 0.15) is 6.04 Å². The van der Waals surface area contributed by atoms with Gasteiger partial charge in [0, 0.05) is 12.8 Å². The van der Waals surface area contributed by atoms with E-state index in [9.17, 15) is 13.2 Å². The van der Waals surface area contributed by atoms with E-state index < -0.39 is 18.3 Å². The van der Waals surface area contributed by atoms with Crippen molar-refractivity contribution in [3.8, 4) is 0 Å². The number of unbranched alkanes of at least 4 members (excludes halogenated alkanes) is 3. The highest BCUT2D eigenvalue weighted by Gasteiger charge is 2.41. The Morgan fingerprint density at radius 1 is 1.23 bits per heavy atom. The Kier molecular flexibility index (Phi) is 7.47. The summed E-state index contributed by atoms with van der Waals surface area (Å²) in [6.07, 6.45) is 2.13. The summed E-state index contributed by atoms with van der Waals surface area (Å²) < 4.78 is 39.6. The van der Waals surface area contributed by atoms with Crippen LogP contribution in [-0.4, -0.2) is 37.6 Å². The third-order valence-electron chi connectivity index (χ3n) is 4.19. The predicted molar refractivity (Wildman–Crippen MR) is 99.6 cm³/mol. The van der Waals surface area contributed by atoms with Gasteiger partial charge in [-0.25, -0.2) is 0 Å². The first kappa shape index (κ1) is 20.3. The minimum absolute atomic E-state index is 0.0118. The fourth-order valence-corrected chi connectivity index (χ4v) is 2.71. The second-order valence-corrected chi connectivity index (χ2v) is 6.24. The topological polar surface area (TPSA) is 88.5 Å². The summed E-state index contributed by atoms with van der Waals surface area (Å²) >= 11 is 0. The van der Waals surface area contributed by atoms with E-state index in [1.165, 1.54) is 12.4 Å². The van der Waals surface area contributed by atoms with Crippen molar-refractivity contribution >= 4 is 17.6 Å². The van der Waals surface area contributed by atoms with Crippen LogP contribution in [0.3, 0.4) is 0 Å². The molecular formula is C18H26F3N5. The standard InChI is InChI=1S/C18H26F3N5/c19-18(20,21)17(23)13(11-24-10-6-2-1-5-9-22)16-12-25-14-7-3-4-8-15(14)26-16/h3-4,7-8,11-12,16-17,24,26H,1-2,5-6,9-10,22-23H2/b13-11-. The molecule has 0 aromatic heterocycles. The van der Waals surface area contributed by atoms with Crippen molar-refractivity contribution in [3.05, 3.63) is 36.0 Å². The minimum atomic E-state index is -4.53. The summed E-state index contributed by atoms with van der Waals surface area (Å²) in [4.78, 5) is 4.25. The van der Waals surface area contributed by atoms with Gasteiger partial charge >= 0.3 is 6.18 Å². The quantitative estimate of drug-likeness (QED) is 0.504. The summed E-state index contributed by atoms with van der Waals surface area (Å²) in [7, 11) is 0. The van der Waals surface area contributed by atoms with E-state index in [0.29, 0.717) is 24.5 Å². The molecule has 0 bridgehead atoms. The molecule has 0 fully saturated rings. The van der Waals surface area contributed by atoms with Crippen LogP contribution in [0.4, 0.5) is 24.5 Å². The summed E-state index contributed by atoms with van der Waals surface area (Å²) in [5.41, 5.74) is 12.3. The van der Waals surface area contributed by atoms with Crippen LogP contribution in [0.5, 0.6) is 0 Å². The molecule has 0 aliphatic carbocycles. The number of benzene rings is 1. The largest absolute Gasteiger partial charge is 0.407 e. The van der Waals surface area contributed by atoms with Crippen LogP contribution < -0.4 is 22.1 Å². The Morgan fingerprint density at radius 3 is 2.69 bits per heavy atom. The fraction of sp³-hybridized carbons (Fsp3) is 0.500. The van der Waals surface area contributed by atoms with E-state index in [-0.39, 0.29) is 5.57 Å². The molecule has 2 rings (SSSR count). The van der Waals surface area contributed by atoms with Crippen molar-refractivity contribution in [1.29, 1.82) is 0 Å². The van der Waals surface area contributed by atoms with Crippen molar-refractivity contribution < 1.29 is 13.2 Å². The summed E-state index contributed by atoms with van der Waals surface area (Å²) in [5, 5.41) is 6.03. The predicted octanol–water partition coefficient (Wildman–Crippen LogP) is 3.07. The minimum Gasteiger partial charge on any atom is -0.391 e. The highest BCUT2D eigenvalue weighted by Crippen LogP contribution is 2.32. The summed E-state index contributed by atoms with van der Waals surface area (Å²) in [6.45, 7) is 1.24. The number of nitrogens with zero attached hydrogens (tertiary/aromatic N) is 1. The number of fused-ring (bicyclic) bond motifs is 1. The monoisotopic (exact) mass is 369 g/mol. The van der Waals surface area contributed by atoms with E-state index in [1.54, 1.807) is 18.2 Å². The zero-order valence-electron chi connectivity index (χ0n) is 14.6. The molecule has 1 aliphatic heterocycles. The van der Waals surface area contributed by atoms with Gasteiger partial charge in [-0.05, 0) is 43.3 Å². The number of alkyl halides is 3. The van der Waals surface area contributed by atoms with Gasteiger partial charge in [0.25, 0.3) is 0 Å². The molecule has 0 radical (unpaired) electrons. The van der Waals surface area contributed by atoms with E-state index >= 15 is 0 Å². The van der Waals surface area contributed by atoms with Crippen molar-refractivity contribution in [2.45, 2.75) is 43.9 Å². The SMILES string of the molecule is NCCCCCCN/C=C(/C1C=Nc2ccccc2N1)C(N)C(F)(F)F. The second-order valence-electron chi connectivity index (χ2n) is 6.24. The zero-order valence-corrected chi connectivity index (χ0v) is 14.6. The first-order chi connectivity index (χ1) is 12.4. The van der Waals surface area contributed by atoms with Crippen LogP contribution in [0.1, 0.15) is 25.7 Å². The average Bonchev–Trinajstić information content (AvgIpc) is 2.62. The Balaban J connectivity index is 2.04. The van der Waals surface area contributed by atoms with Crippen LogP contribution in [0, 0.1) is 0 Å². The molecule has 8 heteroatoms. The molecule has 1 aromatic carbocycles. The first-order valence-corrected chi connectivity index (χ1v) is 8.79. The molecule has 2 atom stereocenters. The summed E-state index contributed by atoms with van der Waals surface area (Å²) in [5.74, 6) is 0. The van der Waals surface area contributed by atoms with Gasteiger partial charge in [-0.15, -0.1) is 0 Å². The summed E-state index contributed by atoms with van der Waals surface area (Å²) in [6, 6.07) is 4.41. The first-order valence-electron chi connectivity index (χ1n) is 8.79. The molecule has 0 spiro atoms. The van der Waals surface area contributed by atoms with Crippen molar-refractivity contribution in [2.75, 3.05) is 18.4 Å². The third kappa shape index (κ3) is 5.74. The maximum absolute atomic E-state index is 13.2. The van der Waals surface area contributed by atoms with Crippen LogP contribution in [0.25, 0.3) is 0 Å². The van der Waals surface area contributed by atoms with Gasteiger partial charge in [-0.3, -0.25) is 4.99 Å². The third-order valence-corrected chi connectivity index (χ3v) is 4.19. The van der Waals surface area contributed by atoms with Crippen LogP contribution >= 0.6 is 0 Å². The molecular weight excluding hydrogens is 343 g/mol. The van der Waals surface area contributed by atoms with Gasteiger partial charge < -0.3 is 22.1 Å². The lowest BCUT2D eigenvalue weighted by atomic mass is 9.99. The number of aliphatic imine (C=N–C) groups is 1. The van der Waals surface area contributed by atoms with Crippen LogP contribution in [0.2, 0.25) is 0 Å². The number of para-hydroxylation sites is 2. The molecule has 5 nitrogen and oxygen atoms in total. The number of nitrogens with two attached hydrogens (primary N) is 2. The number of nitrogens with one attached hydrogen (secondary N) is 2. The Hall–Kier alpha value is -2.06. The zero-order chi connectivity index (χ0) is 19.0. The highest BCUT2D eigenvalue weighted by atomic mass is 19.4. The molecule has 1 aliphatic rings. The maximum Gasteiger partial charge on any atom is 0.407 e. The fourth-order valence-electron chi connectivity index (χ4n) is 2.71. The lowest BCUT2D eigenvalue weighted by Gasteiger charge is -2.28. The van der Waals surface area contributed by atoms with Gasteiger partial charge in [-0.2, -0.15) is 13.2 Å². The molecule has 144 valence electrons. The highest BCUT2D eigenvalue weighted by molar-refractivity contribution is 5.85. The molecule has 2 unspecified atom stereocenters. The number of halogens is 3. The molecule has 26 heavy (non-hydrogen) atoms. The maximum atomic E-state index is 13.2. The molecule has 6 N–H and O–H groups in total. The Morgan fingerprint density at radius 2 is 1.96 bits per heavy atom. The van der Waals surface area contributed by atoms with E-state index in [2.05, 4.69) is 15.6 Å². The van der Waals surface area contributed by atoms with Crippen molar-refractivity contribution in [3.63, 3.8) is 0 Å². The van der Waals surface area contributed by atoms with Crippen LogP contribution in [-0.2, 0) is 0 Å². The normalized spacial score (nSPS) is 18.2. The number of anilines is 1. The van der Waals surface area contributed by atoms with E-state index in [0.717, 1.165) is 25.7 Å². The van der Waals surface area contributed by atoms with Crippen LogP contribution in [0.15, 0.2) is 41.0 Å². The van der Waals surface area contributed by atoms with Crippen molar-refractivity contribution in [1.82, 2.24) is 5.32 Å². The van der Waals surface area contributed by atoms with Gasteiger partial charge in [0.05, 0.1) is 17.4 Å². The van der Waals surface area contributed by atoms with E-state index in [4.69, 9.17) is 11.5 Å². The van der Waals surface area contributed by atoms with Gasteiger partial charge in [-0.1, -0.05) is 25.0 Å². The Labute approximate surface area is 151 Å². The smallest absolute Gasteiger partial charge is 0.391 e. The molecule has 1 heterocycles. The number of hydrogen-bond acceptors (Lipinski definition) is 5. The van der Waals surface area contributed by atoms with E-state index in [1.807, 2.05) is 6.07 Å². The van der Waals surface area contributed by atoms with Gasteiger partial charge in [0.2, 0.25) is 0 Å². The number of rotatable bonds is 9. The lowest BCUT2D eigenvalue weighted by molar-refractivity contribution is -0.139. The number of hydrogen-bond donors (Lipinski definition) is 4. The molecule has 0 amide bonds. The molecule has 1 aromatic rings. The Bertz CT molecular complexity index is 627. The second kappa shape index (κ2) is 9.59.